The predicted octanol–water partition coefficient (Wildman–Crippen LogP) is 2.30. The zero-order valence-corrected chi connectivity index (χ0v) is 10.1. The number of anilines is 1. The monoisotopic (exact) mass is 234 g/mol. The SMILES string of the molecule is CC(=O)C1=C(C)N(c2ccccc2)C(N)S1. The molecule has 0 bridgehead atoms. The van der Waals surface area contributed by atoms with Gasteiger partial charge in [0.15, 0.2) is 5.78 Å². The van der Waals surface area contributed by atoms with E-state index in [-0.39, 0.29) is 11.3 Å². The Labute approximate surface area is 99.3 Å². The molecule has 1 aromatic carbocycles. The van der Waals surface area contributed by atoms with Gasteiger partial charge in [0, 0.05) is 11.4 Å². The fourth-order valence-corrected chi connectivity index (χ4v) is 2.89. The van der Waals surface area contributed by atoms with Gasteiger partial charge >= 0.3 is 0 Å². The van der Waals surface area contributed by atoms with E-state index in [0.717, 1.165) is 16.3 Å². The zero-order valence-electron chi connectivity index (χ0n) is 9.31. The quantitative estimate of drug-likeness (QED) is 0.853. The number of nitrogens with zero attached hydrogens (tertiary/aromatic N) is 1. The van der Waals surface area contributed by atoms with E-state index in [1.54, 1.807) is 6.92 Å². The van der Waals surface area contributed by atoms with Gasteiger partial charge in [-0.2, -0.15) is 0 Å². The minimum absolute atomic E-state index is 0.0800. The lowest BCUT2D eigenvalue weighted by atomic mass is 10.2. The van der Waals surface area contributed by atoms with Gasteiger partial charge in [-0.15, -0.1) is 0 Å². The second-order valence-corrected chi connectivity index (χ2v) is 4.81. The molecule has 0 fully saturated rings. The highest BCUT2D eigenvalue weighted by Gasteiger charge is 2.30. The maximum absolute atomic E-state index is 11.4. The molecule has 4 heteroatoms. The van der Waals surface area contributed by atoms with Crippen molar-refractivity contribution >= 4 is 23.2 Å². The van der Waals surface area contributed by atoms with E-state index in [2.05, 4.69) is 0 Å². The van der Waals surface area contributed by atoms with Gasteiger partial charge in [-0.05, 0) is 26.0 Å². The molecule has 2 N–H and O–H groups in total. The second-order valence-electron chi connectivity index (χ2n) is 3.68. The fourth-order valence-electron chi connectivity index (χ4n) is 1.83. The molecule has 84 valence electrons. The Morgan fingerprint density at radius 3 is 2.50 bits per heavy atom. The maximum atomic E-state index is 11.4. The molecule has 1 aromatic rings. The number of carbonyl (C=O) groups is 1. The largest absolute Gasteiger partial charge is 0.319 e. The van der Waals surface area contributed by atoms with E-state index in [4.69, 9.17) is 5.73 Å². The summed E-state index contributed by atoms with van der Waals surface area (Å²) in [5.74, 6) is 0.0800. The molecule has 1 aliphatic rings. The van der Waals surface area contributed by atoms with Crippen molar-refractivity contribution in [3.05, 3.63) is 40.9 Å². The predicted molar refractivity (Wildman–Crippen MR) is 67.9 cm³/mol. The molecular weight excluding hydrogens is 220 g/mol. The molecule has 2 rings (SSSR count). The van der Waals surface area contributed by atoms with Crippen molar-refractivity contribution in [2.24, 2.45) is 5.73 Å². The van der Waals surface area contributed by atoms with Gasteiger partial charge in [0.2, 0.25) is 0 Å². The number of allylic oxidation sites excluding steroid dienone is 2. The van der Waals surface area contributed by atoms with E-state index < -0.39 is 0 Å². The standard InChI is InChI=1S/C12H14N2OS/c1-8-11(9(2)15)16-12(13)14(8)10-6-4-3-5-7-10/h3-7,12H,13H2,1-2H3. The average molecular weight is 234 g/mol. The highest BCUT2D eigenvalue weighted by Crippen LogP contribution is 2.38. The normalized spacial score (nSPS) is 20.4. The summed E-state index contributed by atoms with van der Waals surface area (Å²) >= 11 is 1.42. The third kappa shape index (κ3) is 1.86. The number of hydrogen-bond acceptors (Lipinski definition) is 4. The lowest BCUT2D eigenvalue weighted by Crippen LogP contribution is -2.34. The highest BCUT2D eigenvalue weighted by atomic mass is 32.2. The number of hydrogen-bond donors (Lipinski definition) is 1. The molecule has 0 aromatic heterocycles. The molecule has 16 heavy (non-hydrogen) atoms. The van der Waals surface area contributed by atoms with Crippen LogP contribution >= 0.6 is 11.8 Å². The molecule has 0 saturated carbocycles. The Morgan fingerprint density at radius 2 is 2.00 bits per heavy atom. The number of ketones is 1. The summed E-state index contributed by atoms with van der Waals surface area (Å²) in [4.78, 5) is 14.2. The molecule has 0 aliphatic carbocycles. The summed E-state index contributed by atoms with van der Waals surface area (Å²) in [6.45, 7) is 3.51. The van der Waals surface area contributed by atoms with Crippen LogP contribution in [0.3, 0.4) is 0 Å². The Hall–Kier alpha value is -1.26. The minimum atomic E-state index is -0.207. The lowest BCUT2D eigenvalue weighted by molar-refractivity contribution is -0.113. The summed E-state index contributed by atoms with van der Waals surface area (Å²) in [6, 6.07) is 9.88. The van der Waals surface area contributed by atoms with Crippen LogP contribution in [0, 0.1) is 0 Å². The van der Waals surface area contributed by atoms with Crippen LogP contribution in [-0.4, -0.2) is 11.3 Å². The van der Waals surface area contributed by atoms with Gasteiger partial charge in [-0.3, -0.25) is 4.79 Å². The van der Waals surface area contributed by atoms with Crippen LogP contribution in [0.15, 0.2) is 40.9 Å². The van der Waals surface area contributed by atoms with Crippen LogP contribution in [-0.2, 0) is 4.79 Å². The smallest absolute Gasteiger partial charge is 0.167 e. The van der Waals surface area contributed by atoms with Crippen molar-refractivity contribution in [2.75, 3.05) is 4.90 Å². The lowest BCUT2D eigenvalue weighted by Gasteiger charge is -2.24. The van der Waals surface area contributed by atoms with Crippen LogP contribution in [0.4, 0.5) is 5.69 Å². The van der Waals surface area contributed by atoms with Crippen molar-refractivity contribution in [1.82, 2.24) is 0 Å². The molecule has 0 saturated heterocycles. The zero-order chi connectivity index (χ0) is 11.7. The van der Waals surface area contributed by atoms with Crippen LogP contribution in [0.1, 0.15) is 13.8 Å². The summed E-state index contributed by atoms with van der Waals surface area (Å²) < 4.78 is 0. The first-order valence-corrected chi connectivity index (χ1v) is 5.97. The second kappa shape index (κ2) is 4.31. The molecule has 1 unspecified atom stereocenters. The number of thioether (sulfide) groups is 1. The number of Topliss-reactive ketones (excluding diaryl/α,β-unsaturated/α-hetero) is 1. The Bertz CT molecular complexity index is 442. The van der Waals surface area contributed by atoms with Crippen LogP contribution in [0.5, 0.6) is 0 Å². The van der Waals surface area contributed by atoms with Gasteiger partial charge < -0.3 is 10.6 Å². The molecule has 0 amide bonds. The molecule has 0 spiro atoms. The third-order valence-corrected chi connectivity index (χ3v) is 3.81. The topological polar surface area (TPSA) is 46.3 Å². The van der Waals surface area contributed by atoms with Crippen molar-refractivity contribution in [3.8, 4) is 0 Å². The van der Waals surface area contributed by atoms with Crippen molar-refractivity contribution in [3.63, 3.8) is 0 Å². The molecular formula is C12H14N2OS. The van der Waals surface area contributed by atoms with E-state index >= 15 is 0 Å². The molecule has 3 nitrogen and oxygen atoms in total. The van der Waals surface area contributed by atoms with Gasteiger partial charge in [0.05, 0.1) is 4.91 Å². The Balaban J connectivity index is 2.39. The number of rotatable bonds is 2. The Kier molecular flexibility index (Phi) is 3.03. The molecule has 0 radical (unpaired) electrons. The molecule has 1 aliphatic heterocycles. The van der Waals surface area contributed by atoms with E-state index in [0.29, 0.717) is 0 Å². The first-order valence-electron chi connectivity index (χ1n) is 5.09. The van der Waals surface area contributed by atoms with Gasteiger partial charge in [0.1, 0.15) is 5.50 Å². The summed E-state index contributed by atoms with van der Waals surface area (Å²) in [5, 5.41) is 0. The number of benzene rings is 1. The third-order valence-electron chi connectivity index (χ3n) is 2.54. The van der Waals surface area contributed by atoms with Crippen LogP contribution in [0.25, 0.3) is 0 Å². The first-order chi connectivity index (χ1) is 7.61. The summed E-state index contributed by atoms with van der Waals surface area (Å²) in [6.07, 6.45) is 0. The number of nitrogens with two attached hydrogens (primary N) is 1. The van der Waals surface area contributed by atoms with Gasteiger partial charge in [-0.25, -0.2) is 0 Å². The fraction of sp³-hybridized carbons (Fsp3) is 0.250. The van der Waals surface area contributed by atoms with Crippen LogP contribution < -0.4 is 10.6 Å². The van der Waals surface area contributed by atoms with E-state index in [1.165, 1.54) is 11.8 Å². The first kappa shape index (κ1) is 11.2. The summed E-state index contributed by atoms with van der Waals surface area (Å²) in [7, 11) is 0. The van der Waals surface area contributed by atoms with Crippen molar-refractivity contribution < 1.29 is 4.79 Å². The summed E-state index contributed by atoms with van der Waals surface area (Å²) in [5.41, 5.74) is 7.78. The minimum Gasteiger partial charge on any atom is -0.319 e. The van der Waals surface area contributed by atoms with Gasteiger partial charge in [0.25, 0.3) is 0 Å². The van der Waals surface area contributed by atoms with Crippen molar-refractivity contribution in [2.45, 2.75) is 19.3 Å². The van der Waals surface area contributed by atoms with E-state index in [9.17, 15) is 4.79 Å². The van der Waals surface area contributed by atoms with Crippen LogP contribution in [0.2, 0.25) is 0 Å². The Morgan fingerprint density at radius 1 is 1.38 bits per heavy atom. The average Bonchev–Trinajstić information content (AvgIpc) is 2.56. The molecule has 1 heterocycles. The van der Waals surface area contributed by atoms with E-state index in [1.807, 2.05) is 42.2 Å². The van der Waals surface area contributed by atoms with Crippen molar-refractivity contribution in [1.29, 1.82) is 0 Å². The number of carbonyl (C=O) groups excluding carboxylic acids is 1. The maximum Gasteiger partial charge on any atom is 0.167 e. The highest BCUT2D eigenvalue weighted by molar-refractivity contribution is 8.04. The van der Waals surface area contributed by atoms with Gasteiger partial charge in [-0.1, -0.05) is 30.0 Å². The molecule has 1 atom stereocenters. The number of para-hydroxylation sites is 1.